The number of hydrogen-bond donors (Lipinski definition) is 1. The third kappa shape index (κ3) is 5.01. The smallest absolute Gasteiger partial charge is 0.253 e. The molecule has 0 saturated heterocycles. The summed E-state index contributed by atoms with van der Waals surface area (Å²) >= 11 is 1.75. The Morgan fingerprint density at radius 2 is 1.83 bits per heavy atom. The van der Waals surface area contributed by atoms with Crippen LogP contribution in [0.5, 0.6) is 5.75 Å². The van der Waals surface area contributed by atoms with E-state index >= 15 is 0 Å². The zero-order chi connectivity index (χ0) is 23.8. The van der Waals surface area contributed by atoms with E-state index in [2.05, 4.69) is 45.3 Å². The first kappa shape index (κ1) is 22.4. The number of nitrogens with zero attached hydrogens (tertiary/aromatic N) is 3. The second-order valence-corrected chi connectivity index (χ2v) is 10.9. The van der Waals surface area contributed by atoms with Crippen molar-refractivity contribution in [2.45, 2.75) is 55.9 Å². The fourth-order valence-electron chi connectivity index (χ4n) is 4.63. The first-order chi connectivity index (χ1) is 17.2. The normalized spacial score (nSPS) is 17.0. The minimum atomic E-state index is -0.179. The van der Waals surface area contributed by atoms with E-state index in [1.54, 1.807) is 18.0 Å². The summed E-state index contributed by atoms with van der Waals surface area (Å²) in [6.07, 6.45) is 8.67. The van der Waals surface area contributed by atoms with Gasteiger partial charge in [-0.2, -0.15) is 0 Å². The molecular weight excluding hydrogens is 456 g/mol. The van der Waals surface area contributed by atoms with Gasteiger partial charge in [-0.3, -0.25) is 9.78 Å². The van der Waals surface area contributed by atoms with Gasteiger partial charge in [0.2, 0.25) is 0 Å². The van der Waals surface area contributed by atoms with Crippen LogP contribution in [-0.4, -0.2) is 34.8 Å². The van der Waals surface area contributed by atoms with Gasteiger partial charge in [0.1, 0.15) is 6.61 Å². The van der Waals surface area contributed by atoms with E-state index in [0.29, 0.717) is 36.3 Å². The Hall–Kier alpha value is -3.06. The van der Waals surface area contributed by atoms with Crippen LogP contribution in [0, 0.1) is 0 Å². The summed E-state index contributed by atoms with van der Waals surface area (Å²) in [5.41, 5.74) is 5.44. The van der Waals surface area contributed by atoms with Crippen molar-refractivity contribution in [1.29, 1.82) is 0 Å². The van der Waals surface area contributed by atoms with E-state index < -0.39 is 0 Å². The highest BCUT2D eigenvalue weighted by Crippen LogP contribution is 2.47. The first-order valence-electron chi connectivity index (χ1n) is 12.6. The Bertz CT molecular complexity index is 1210. The molecule has 2 aliphatic carbocycles. The lowest BCUT2D eigenvalue weighted by atomic mass is 10.0. The molecule has 3 aliphatic rings. The predicted molar refractivity (Wildman–Crippen MR) is 139 cm³/mol. The molecule has 180 valence electrons. The van der Waals surface area contributed by atoms with Crippen LogP contribution in [0.4, 0.5) is 11.5 Å². The Morgan fingerprint density at radius 3 is 2.49 bits per heavy atom. The quantitative estimate of drug-likeness (QED) is 0.406. The number of nitrogens with one attached hydrogen (secondary N) is 1. The maximum Gasteiger partial charge on any atom is 0.253 e. The fraction of sp³-hybridized carbons (Fsp3) is 0.393. The number of ether oxygens (including phenoxy) is 1. The van der Waals surface area contributed by atoms with Crippen LogP contribution in [0.3, 0.4) is 0 Å². The minimum Gasteiger partial charge on any atom is -0.488 e. The van der Waals surface area contributed by atoms with Gasteiger partial charge in [-0.05, 0) is 84.7 Å². The Balaban J connectivity index is 1.19. The van der Waals surface area contributed by atoms with Crippen molar-refractivity contribution in [3.05, 3.63) is 71.2 Å². The molecule has 3 aromatic rings. The molecule has 1 N–H and O–H groups in total. The van der Waals surface area contributed by atoms with Gasteiger partial charge in [-0.25, -0.2) is 4.98 Å². The molecule has 1 aliphatic heterocycles. The number of thioether (sulfide) groups is 1. The zero-order valence-electron chi connectivity index (χ0n) is 20.0. The monoisotopic (exact) mass is 486 g/mol. The maximum absolute atomic E-state index is 12.8. The molecule has 2 aromatic heterocycles. The average Bonchev–Trinajstić information content (AvgIpc) is 3.80. The summed E-state index contributed by atoms with van der Waals surface area (Å²) in [6.45, 7) is 3.81. The lowest BCUT2D eigenvalue weighted by molar-refractivity contribution is 0.0949. The maximum atomic E-state index is 12.8. The van der Waals surface area contributed by atoms with E-state index in [1.165, 1.54) is 42.5 Å². The standard InChI is InChI=1S/C28H30N4O2S/c1-2-35-25-8-7-23(29-17-25)16-31-28(33)22-14-26-27(30-15-22)32(9-10-34-26)24-12-20(18-3-4-18)11-21(13-24)19-5-6-19/h7-8,11-15,17-19H,2-6,9-10,16H2,1H3,(H,31,33). The third-order valence-electron chi connectivity index (χ3n) is 6.83. The Labute approximate surface area is 210 Å². The van der Waals surface area contributed by atoms with Crippen LogP contribution in [0.1, 0.15) is 71.6 Å². The van der Waals surface area contributed by atoms with E-state index in [9.17, 15) is 4.79 Å². The number of amides is 1. The average molecular weight is 487 g/mol. The van der Waals surface area contributed by atoms with Crippen molar-refractivity contribution in [2.75, 3.05) is 23.8 Å². The molecule has 1 amide bonds. The summed E-state index contributed by atoms with van der Waals surface area (Å²) in [4.78, 5) is 25.3. The molecule has 2 fully saturated rings. The number of hydrogen-bond acceptors (Lipinski definition) is 6. The predicted octanol–water partition coefficient (Wildman–Crippen LogP) is 5.80. The number of anilines is 2. The van der Waals surface area contributed by atoms with Crippen molar-refractivity contribution >= 4 is 29.2 Å². The molecule has 6 nitrogen and oxygen atoms in total. The molecule has 0 bridgehead atoms. The highest BCUT2D eigenvalue weighted by atomic mass is 32.2. The van der Waals surface area contributed by atoms with E-state index in [4.69, 9.17) is 4.74 Å². The molecule has 3 heterocycles. The fourth-order valence-corrected chi connectivity index (χ4v) is 5.26. The third-order valence-corrected chi connectivity index (χ3v) is 7.70. The largest absolute Gasteiger partial charge is 0.488 e. The van der Waals surface area contributed by atoms with Crippen LogP contribution in [0.25, 0.3) is 0 Å². The molecule has 35 heavy (non-hydrogen) atoms. The van der Waals surface area contributed by atoms with Gasteiger partial charge in [0.25, 0.3) is 5.91 Å². The van der Waals surface area contributed by atoms with E-state index in [1.807, 2.05) is 24.4 Å². The summed E-state index contributed by atoms with van der Waals surface area (Å²) in [5, 5.41) is 2.95. The molecule has 6 rings (SSSR count). The number of rotatable bonds is 8. The molecule has 2 saturated carbocycles. The SMILES string of the molecule is CCSc1ccc(CNC(=O)c2cnc3c(c2)OCCN3c2cc(C3CC3)cc(C3CC3)c2)nc1. The van der Waals surface area contributed by atoms with Crippen molar-refractivity contribution in [3.8, 4) is 5.75 Å². The lowest BCUT2D eigenvalue weighted by Crippen LogP contribution is -2.30. The summed E-state index contributed by atoms with van der Waals surface area (Å²) in [7, 11) is 0. The Morgan fingerprint density at radius 1 is 1.06 bits per heavy atom. The van der Waals surface area contributed by atoms with Gasteiger partial charge in [0.15, 0.2) is 11.6 Å². The highest BCUT2D eigenvalue weighted by Gasteiger charge is 2.30. The first-order valence-corrected chi connectivity index (χ1v) is 13.6. The van der Waals surface area contributed by atoms with Crippen molar-refractivity contribution in [3.63, 3.8) is 0 Å². The van der Waals surface area contributed by atoms with Crippen LogP contribution < -0.4 is 15.0 Å². The number of benzene rings is 1. The van der Waals surface area contributed by atoms with Gasteiger partial charge in [-0.1, -0.05) is 13.0 Å². The van der Waals surface area contributed by atoms with Crippen LogP contribution in [-0.2, 0) is 6.54 Å². The van der Waals surface area contributed by atoms with E-state index in [0.717, 1.165) is 28.7 Å². The Kier molecular flexibility index (Phi) is 6.10. The molecule has 0 unspecified atom stereocenters. The second kappa shape index (κ2) is 9.53. The van der Waals surface area contributed by atoms with Crippen LogP contribution >= 0.6 is 11.8 Å². The van der Waals surface area contributed by atoms with Gasteiger partial charge in [0.05, 0.1) is 24.3 Å². The number of aromatic nitrogens is 2. The van der Waals surface area contributed by atoms with E-state index in [-0.39, 0.29) is 5.91 Å². The van der Waals surface area contributed by atoms with Gasteiger partial charge < -0.3 is 15.0 Å². The summed E-state index contributed by atoms with van der Waals surface area (Å²) in [6, 6.07) is 12.9. The van der Waals surface area contributed by atoms with Crippen LogP contribution in [0.2, 0.25) is 0 Å². The van der Waals surface area contributed by atoms with Crippen molar-refractivity contribution in [1.82, 2.24) is 15.3 Å². The zero-order valence-corrected chi connectivity index (χ0v) is 20.8. The number of pyridine rings is 2. The summed E-state index contributed by atoms with van der Waals surface area (Å²) < 4.78 is 5.95. The van der Waals surface area contributed by atoms with Crippen molar-refractivity contribution < 1.29 is 9.53 Å². The highest BCUT2D eigenvalue weighted by molar-refractivity contribution is 7.99. The number of fused-ring (bicyclic) bond motifs is 1. The molecule has 0 atom stereocenters. The molecular formula is C28H30N4O2S. The minimum absolute atomic E-state index is 0.179. The molecule has 1 aromatic carbocycles. The van der Waals surface area contributed by atoms with Gasteiger partial charge >= 0.3 is 0 Å². The van der Waals surface area contributed by atoms with Crippen molar-refractivity contribution in [2.24, 2.45) is 0 Å². The molecule has 7 heteroatoms. The molecule has 0 spiro atoms. The van der Waals surface area contributed by atoms with Gasteiger partial charge in [0, 0.05) is 23.0 Å². The number of carbonyl (C=O) groups excluding carboxylic acids is 1. The number of carbonyl (C=O) groups is 1. The lowest BCUT2D eigenvalue weighted by Gasteiger charge is -2.31. The molecule has 0 radical (unpaired) electrons. The van der Waals surface area contributed by atoms with Crippen LogP contribution in [0.15, 0.2) is 53.7 Å². The second-order valence-electron chi connectivity index (χ2n) is 9.55. The topological polar surface area (TPSA) is 67.3 Å². The summed E-state index contributed by atoms with van der Waals surface area (Å²) in [5.74, 6) is 3.70. The van der Waals surface area contributed by atoms with Gasteiger partial charge in [-0.15, -0.1) is 11.8 Å².